The first-order valence-corrected chi connectivity index (χ1v) is 13.4. The van der Waals surface area contributed by atoms with Gasteiger partial charge in [0.1, 0.15) is 0 Å². The average Bonchev–Trinajstić information content (AvgIpc) is 3.17. The van der Waals surface area contributed by atoms with Crippen molar-refractivity contribution in [3.8, 4) is 0 Å². The van der Waals surface area contributed by atoms with Crippen LogP contribution in [0.25, 0.3) is 21.8 Å². The first-order valence-electron chi connectivity index (χ1n) is 12.0. The third-order valence-corrected chi connectivity index (χ3v) is 8.45. The van der Waals surface area contributed by atoms with E-state index < -0.39 is 16.1 Å². The van der Waals surface area contributed by atoms with E-state index in [-0.39, 0.29) is 18.0 Å². The Morgan fingerprint density at radius 2 is 1.57 bits per heavy atom. The number of hydrogen-bond donors (Lipinski definition) is 1. The van der Waals surface area contributed by atoms with Crippen LogP contribution in [0.3, 0.4) is 0 Å². The van der Waals surface area contributed by atoms with Crippen LogP contribution in [0.1, 0.15) is 18.9 Å². The maximum Gasteiger partial charge on any atom is 0.264 e. The number of aryl methyl sites for hydroxylation is 1. The molecular weight excluding hydrogens is 456 g/mol. The van der Waals surface area contributed by atoms with Crippen molar-refractivity contribution in [3.05, 3.63) is 102 Å². The second-order valence-electron chi connectivity index (χ2n) is 9.35. The molecule has 6 heteroatoms. The molecule has 0 bridgehead atoms. The second kappa shape index (κ2) is 9.36. The molecule has 1 aromatic heterocycles. The molecule has 0 spiro atoms. The highest BCUT2D eigenvalue weighted by molar-refractivity contribution is 7.89. The number of aromatic nitrogens is 1. The number of rotatable bonds is 7. The van der Waals surface area contributed by atoms with Crippen LogP contribution in [0.4, 0.5) is 0 Å². The smallest absolute Gasteiger partial charge is 0.264 e. The van der Waals surface area contributed by atoms with E-state index in [9.17, 15) is 13.5 Å². The Kier molecular flexibility index (Phi) is 6.26. The lowest BCUT2D eigenvalue weighted by Gasteiger charge is -2.29. The largest absolute Gasteiger partial charge is 0.389 e. The fourth-order valence-corrected chi connectivity index (χ4v) is 6.26. The highest BCUT2D eigenvalue weighted by atomic mass is 32.2. The van der Waals surface area contributed by atoms with Crippen LogP contribution in [0, 0.1) is 12.8 Å². The average molecular weight is 487 g/mol. The van der Waals surface area contributed by atoms with E-state index in [0.717, 1.165) is 33.8 Å². The summed E-state index contributed by atoms with van der Waals surface area (Å²) in [6.45, 7) is 4.26. The van der Waals surface area contributed by atoms with Crippen molar-refractivity contribution < 1.29 is 13.5 Å². The third kappa shape index (κ3) is 4.51. The summed E-state index contributed by atoms with van der Waals surface area (Å²) in [6.07, 6.45) is 5.67. The van der Waals surface area contributed by atoms with Gasteiger partial charge in [-0.15, -0.1) is 0 Å². The van der Waals surface area contributed by atoms with E-state index in [0.29, 0.717) is 11.6 Å². The van der Waals surface area contributed by atoms with Crippen LogP contribution < -0.4 is 0 Å². The highest BCUT2D eigenvalue weighted by Crippen LogP contribution is 2.30. The molecule has 5 nitrogen and oxygen atoms in total. The Bertz CT molecular complexity index is 1480. The Hall–Kier alpha value is -3.35. The van der Waals surface area contributed by atoms with Gasteiger partial charge in [-0.3, -0.25) is 4.31 Å². The van der Waals surface area contributed by atoms with Gasteiger partial charge in [0.05, 0.1) is 24.1 Å². The molecule has 0 aliphatic heterocycles. The molecule has 0 fully saturated rings. The monoisotopic (exact) mass is 486 g/mol. The maximum atomic E-state index is 13.7. The standard InChI is InChI=1S/C29H30N2O3S/c1-21-11-15-23(16-12-21)31(35(33,34)25-17-13-22(2)14-18-25)20-24(32)19-30-28-9-5-3-7-26(28)27-8-4-6-10-29(27)30/h3-11,13-18,21,24,32H,12,19-20H2,1-2H3. The number of fused-ring (bicyclic) bond motifs is 3. The molecule has 1 heterocycles. The van der Waals surface area contributed by atoms with Crippen molar-refractivity contribution in [1.29, 1.82) is 0 Å². The van der Waals surface area contributed by atoms with E-state index in [4.69, 9.17) is 0 Å². The molecule has 1 N–H and O–H groups in total. The fourth-order valence-electron chi connectivity index (χ4n) is 4.74. The lowest BCUT2D eigenvalue weighted by molar-refractivity contribution is 0.138. The highest BCUT2D eigenvalue weighted by Gasteiger charge is 2.29. The van der Waals surface area contributed by atoms with Gasteiger partial charge < -0.3 is 9.67 Å². The van der Waals surface area contributed by atoms with Gasteiger partial charge in [-0.2, -0.15) is 0 Å². The minimum Gasteiger partial charge on any atom is -0.389 e. The number of aliphatic hydroxyl groups excluding tert-OH is 1. The van der Waals surface area contributed by atoms with E-state index in [1.807, 2.05) is 61.5 Å². The molecule has 0 radical (unpaired) electrons. The molecule has 2 atom stereocenters. The molecule has 0 saturated carbocycles. The number of aliphatic hydroxyl groups is 1. The summed E-state index contributed by atoms with van der Waals surface area (Å²) >= 11 is 0. The van der Waals surface area contributed by atoms with Crippen molar-refractivity contribution in [2.24, 2.45) is 5.92 Å². The van der Waals surface area contributed by atoms with Crippen molar-refractivity contribution in [1.82, 2.24) is 8.87 Å². The topological polar surface area (TPSA) is 62.5 Å². The van der Waals surface area contributed by atoms with Crippen molar-refractivity contribution in [2.45, 2.75) is 37.8 Å². The minimum atomic E-state index is -3.85. The molecule has 180 valence electrons. The molecule has 1 aliphatic rings. The molecular formula is C29H30N2O3S. The van der Waals surface area contributed by atoms with Gasteiger partial charge in [0.25, 0.3) is 10.0 Å². The van der Waals surface area contributed by atoms with Gasteiger partial charge in [-0.25, -0.2) is 8.42 Å². The number of hydrogen-bond acceptors (Lipinski definition) is 3. The molecule has 3 aromatic carbocycles. The number of para-hydroxylation sites is 2. The lowest BCUT2D eigenvalue weighted by Crippen LogP contribution is -2.38. The number of allylic oxidation sites excluding steroid dienone is 3. The summed E-state index contributed by atoms with van der Waals surface area (Å²) in [6, 6.07) is 23.1. The van der Waals surface area contributed by atoms with E-state index in [2.05, 4.69) is 23.6 Å². The first kappa shape index (κ1) is 23.4. The zero-order chi connectivity index (χ0) is 24.6. The number of sulfonamides is 1. The van der Waals surface area contributed by atoms with Crippen molar-refractivity contribution >= 4 is 31.8 Å². The normalized spacial score (nSPS) is 17.0. The van der Waals surface area contributed by atoms with Crippen LogP contribution in [0.15, 0.2) is 102 Å². The SMILES string of the molecule is Cc1ccc(S(=O)(=O)N(CC(O)Cn2c3ccccc3c3ccccc32)C2=CCC(C)C=C2)cc1. The lowest BCUT2D eigenvalue weighted by atomic mass is 10.0. The van der Waals surface area contributed by atoms with E-state index in [1.165, 1.54) is 4.31 Å². The summed E-state index contributed by atoms with van der Waals surface area (Å²) in [5.41, 5.74) is 3.63. The maximum absolute atomic E-state index is 13.7. The summed E-state index contributed by atoms with van der Waals surface area (Å²) in [4.78, 5) is 0.222. The quantitative estimate of drug-likeness (QED) is 0.368. The minimum absolute atomic E-state index is 0.0401. The number of benzene rings is 3. The Morgan fingerprint density at radius 1 is 0.971 bits per heavy atom. The fraction of sp³-hybridized carbons (Fsp3) is 0.241. The van der Waals surface area contributed by atoms with Crippen LogP contribution in [-0.4, -0.2) is 35.0 Å². The molecule has 0 amide bonds. The van der Waals surface area contributed by atoms with Gasteiger partial charge in [0.15, 0.2) is 0 Å². The summed E-state index contributed by atoms with van der Waals surface area (Å²) in [5, 5.41) is 13.5. The molecule has 1 aliphatic carbocycles. The predicted octanol–water partition coefficient (Wildman–Crippen LogP) is 5.63. The van der Waals surface area contributed by atoms with Crippen LogP contribution in [0.5, 0.6) is 0 Å². The Labute approximate surface area is 206 Å². The van der Waals surface area contributed by atoms with Gasteiger partial charge >= 0.3 is 0 Å². The first-order chi connectivity index (χ1) is 16.8. The van der Waals surface area contributed by atoms with Gasteiger partial charge in [0, 0.05) is 27.5 Å². The van der Waals surface area contributed by atoms with Crippen LogP contribution >= 0.6 is 0 Å². The zero-order valence-corrected chi connectivity index (χ0v) is 20.8. The molecule has 5 rings (SSSR count). The Balaban J connectivity index is 1.50. The van der Waals surface area contributed by atoms with Gasteiger partial charge in [-0.05, 0) is 49.6 Å². The molecule has 35 heavy (non-hydrogen) atoms. The van der Waals surface area contributed by atoms with Crippen molar-refractivity contribution in [3.63, 3.8) is 0 Å². The molecule has 0 saturated heterocycles. The summed E-state index contributed by atoms with van der Waals surface area (Å²) in [7, 11) is -3.85. The third-order valence-electron chi connectivity index (χ3n) is 6.64. The van der Waals surface area contributed by atoms with Crippen LogP contribution in [0.2, 0.25) is 0 Å². The second-order valence-corrected chi connectivity index (χ2v) is 11.2. The van der Waals surface area contributed by atoms with Gasteiger partial charge in [0.2, 0.25) is 0 Å². The van der Waals surface area contributed by atoms with E-state index in [1.54, 1.807) is 24.3 Å². The molecule has 2 unspecified atom stereocenters. The Morgan fingerprint density at radius 3 is 2.14 bits per heavy atom. The van der Waals surface area contributed by atoms with E-state index >= 15 is 0 Å². The summed E-state index contributed by atoms with van der Waals surface area (Å²) < 4.78 is 30.9. The predicted molar refractivity (Wildman–Crippen MR) is 142 cm³/mol. The van der Waals surface area contributed by atoms with Gasteiger partial charge in [-0.1, -0.05) is 73.2 Å². The summed E-state index contributed by atoms with van der Waals surface area (Å²) in [5.74, 6) is 0.352. The van der Waals surface area contributed by atoms with Crippen molar-refractivity contribution in [2.75, 3.05) is 6.54 Å². The molecule has 4 aromatic rings. The zero-order valence-electron chi connectivity index (χ0n) is 20.0. The number of nitrogens with zero attached hydrogens (tertiary/aromatic N) is 2. The van der Waals surface area contributed by atoms with Crippen LogP contribution in [-0.2, 0) is 16.6 Å².